The average molecular weight is 1130 g/mol. The molecule has 0 heterocycles. The van der Waals surface area contributed by atoms with E-state index in [1.807, 2.05) is 0 Å². The molecule has 0 saturated carbocycles. The summed E-state index contributed by atoms with van der Waals surface area (Å²) in [6, 6.07) is 6.32. The molecule has 0 aliphatic heterocycles. The first-order valence-corrected chi connectivity index (χ1v) is 33.8. The molecule has 2 aromatic rings. The van der Waals surface area contributed by atoms with E-state index < -0.39 is 108 Å². The highest BCUT2D eigenvalue weighted by molar-refractivity contribution is 7.52. The third-order valence-corrected chi connectivity index (χ3v) is 24.2. The van der Waals surface area contributed by atoms with Gasteiger partial charge in [-0.3, -0.25) is 29.4 Å². The monoisotopic (exact) mass is 1130 g/mol. The van der Waals surface area contributed by atoms with Gasteiger partial charge in [0.2, 0.25) is 0 Å². The Hall–Kier alpha value is -2.28. The summed E-state index contributed by atoms with van der Waals surface area (Å²) >= 11 is 0. The van der Waals surface area contributed by atoms with Crippen LogP contribution in [0.5, 0.6) is 0 Å². The Bertz CT molecular complexity index is 1920. The molecule has 0 amide bonds. The molecule has 0 saturated heterocycles. The summed E-state index contributed by atoms with van der Waals surface area (Å²) in [4.78, 5) is 132. The highest BCUT2D eigenvalue weighted by Crippen LogP contribution is 2.40. The molecule has 1 unspecified atom stereocenters. The molecule has 0 radical (unpaired) electrons. The molecule has 0 aliphatic rings. The predicted octanol–water partition coefficient (Wildman–Crippen LogP) is -4.74. The van der Waals surface area contributed by atoms with Gasteiger partial charge in [0.05, 0.1) is 22.2 Å². The second kappa shape index (κ2) is 30.6. The smallest absolute Gasteiger partial charge is 0.393 e. The van der Waals surface area contributed by atoms with Crippen LogP contribution in [0.25, 0.3) is 0 Å². The maximum atomic E-state index is 11.7. The second-order valence-electron chi connectivity index (χ2n) is 13.5. The molecule has 0 aliphatic carbocycles. The van der Waals surface area contributed by atoms with Crippen LogP contribution < -0.4 is 33.3 Å². The van der Waals surface area contributed by atoms with Crippen molar-refractivity contribution in [3.8, 4) is 0 Å². The molecule has 21 N–H and O–H groups in total. The molecular weight excluding hydrogens is 1070 g/mol. The lowest BCUT2D eigenvalue weighted by Crippen LogP contribution is -2.67. The van der Waals surface area contributed by atoms with Gasteiger partial charge in [-0.15, -0.1) is 0 Å². The minimum Gasteiger partial charge on any atom is -0.393 e. The molecule has 0 spiro atoms. The van der Waals surface area contributed by atoms with E-state index in [9.17, 15) is 39.1 Å². The van der Waals surface area contributed by atoms with Gasteiger partial charge >= 0.3 is 68.0 Å². The van der Waals surface area contributed by atoms with Gasteiger partial charge in [0, 0.05) is 82.2 Å². The van der Waals surface area contributed by atoms with Gasteiger partial charge in [0.1, 0.15) is 11.4 Å². The summed E-state index contributed by atoms with van der Waals surface area (Å²) in [6.07, 6.45) is -0.415. The first-order valence-electron chi connectivity index (χ1n) is 18.7. The van der Waals surface area contributed by atoms with Crippen LogP contribution >= 0.6 is 15.2 Å². The SMILES string of the molecule is C.CO[Si](CCCN)(OC)O[Si](CCP(=O)(O)O)(OC)O[Si](OC)(OC)c1ccc(N)c([N+](=O)[O-])c1.NCCC[Si](O)(O)O.Nc1ccc([Si](O)(O)O)cc1[N+](=O)[O-].O=P(O)(O)CC[Si](O)(O)O. The fourth-order valence-electron chi connectivity index (χ4n) is 4.67. The minimum atomic E-state index is -4.52. The van der Waals surface area contributed by atoms with Gasteiger partial charge < -0.3 is 116 Å². The maximum absolute atomic E-state index is 11.7. The molecule has 40 heteroatoms. The summed E-state index contributed by atoms with van der Waals surface area (Å²) in [7, 11) is -26.4. The van der Waals surface area contributed by atoms with Crippen LogP contribution in [0.3, 0.4) is 0 Å². The lowest BCUT2D eigenvalue weighted by molar-refractivity contribution is -0.384. The van der Waals surface area contributed by atoms with Gasteiger partial charge in [0.25, 0.3) is 11.4 Å². The van der Waals surface area contributed by atoms with E-state index in [-0.39, 0.29) is 47.3 Å². The van der Waals surface area contributed by atoms with E-state index in [4.69, 9.17) is 106 Å². The first kappa shape index (κ1) is 70.0. The average Bonchev–Trinajstić information content (AvgIpc) is 3.21. The molecule has 0 bridgehead atoms. The third kappa shape index (κ3) is 27.9. The molecule has 2 rings (SSSR count). The molecule has 0 aromatic heterocycles. The Kier molecular flexibility index (Phi) is 31.5. The van der Waals surface area contributed by atoms with Crippen LogP contribution in [0.4, 0.5) is 22.7 Å². The number of nitro groups is 2. The third-order valence-electron chi connectivity index (χ3n) is 8.12. The van der Waals surface area contributed by atoms with Gasteiger partial charge in [-0.2, -0.15) is 0 Å². The van der Waals surface area contributed by atoms with Crippen molar-refractivity contribution in [2.45, 2.75) is 44.4 Å². The Morgan fingerprint density at radius 1 is 0.559 bits per heavy atom. The summed E-state index contributed by atoms with van der Waals surface area (Å²) in [5.41, 5.74) is 20.6. The van der Waals surface area contributed by atoms with Crippen LogP contribution in [-0.4, -0.2) is 186 Å². The van der Waals surface area contributed by atoms with Crippen LogP contribution in [0.2, 0.25) is 24.2 Å². The number of rotatable bonds is 25. The zero-order valence-electron chi connectivity index (χ0n) is 36.8. The second-order valence-corrected chi connectivity index (χ2v) is 32.0. The topological polar surface area (TPSA) is 552 Å². The van der Waals surface area contributed by atoms with Gasteiger partial charge in [0.15, 0.2) is 0 Å². The zero-order chi connectivity index (χ0) is 52.9. The van der Waals surface area contributed by atoms with Crippen molar-refractivity contribution in [3.63, 3.8) is 0 Å². The van der Waals surface area contributed by atoms with E-state index >= 15 is 0 Å². The van der Waals surface area contributed by atoms with Gasteiger partial charge in [-0.25, -0.2) is 0 Å². The fourth-order valence-corrected chi connectivity index (χ4v) is 21.0. The van der Waals surface area contributed by atoms with Crippen molar-refractivity contribution in [3.05, 3.63) is 56.6 Å². The Balaban J connectivity index is -0.00000103. The number of nitrogens with two attached hydrogens (primary N) is 4. The van der Waals surface area contributed by atoms with E-state index in [1.54, 1.807) is 0 Å². The number of nitrogen functional groups attached to an aromatic ring is 2. The molecule has 0 fully saturated rings. The van der Waals surface area contributed by atoms with Crippen molar-refractivity contribution in [1.29, 1.82) is 0 Å². The number of anilines is 2. The molecule has 398 valence electrons. The summed E-state index contributed by atoms with van der Waals surface area (Å²) < 4.78 is 62.4. The Labute approximate surface area is 397 Å². The van der Waals surface area contributed by atoms with Crippen molar-refractivity contribution >= 4 is 101 Å². The Morgan fingerprint density at radius 2 is 0.926 bits per heavy atom. The highest BCUT2D eigenvalue weighted by atomic mass is 31.2. The molecule has 68 heavy (non-hydrogen) atoms. The fraction of sp³-hybridized carbons (Fsp3) is 0.571. The first-order chi connectivity index (χ1) is 30.4. The van der Waals surface area contributed by atoms with Gasteiger partial charge in [-0.05, 0) is 38.1 Å². The number of hydrogen-bond donors (Lipinski definition) is 17. The van der Waals surface area contributed by atoms with Crippen LogP contribution in [-0.2, 0) is 39.5 Å². The lowest BCUT2D eigenvalue weighted by Gasteiger charge is -2.40. The van der Waals surface area contributed by atoms with Crippen molar-refractivity contribution < 1.29 is 112 Å². The normalized spacial score (nSPS) is 13.3. The minimum absolute atomic E-state index is 0. The number of nitrogens with zero attached hydrogens (tertiary/aromatic N) is 2. The highest BCUT2D eigenvalue weighted by Gasteiger charge is 2.59. The van der Waals surface area contributed by atoms with Crippen LogP contribution in [0.1, 0.15) is 20.3 Å². The van der Waals surface area contributed by atoms with E-state index in [2.05, 4.69) is 0 Å². The lowest BCUT2D eigenvalue weighted by atomic mass is 10.3. The number of benzene rings is 2. The quantitative estimate of drug-likeness (QED) is 0.0146. The van der Waals surface area contributed by atoms with E-state index in [0.717, 1.165) is 24.3 Å². The van der Waals surface area contributed by atoms with Gasteiger partial charge in [-0.1, -0.05) is 19.6 Å². The van der Waals surface area contributed by atoms with E-state index in [1.165, 1.54) is 47.7 Å². The van der Waals surface area contributed by atoms with Crippen LogP contribution in [0.15, 0.2) is 36.4 Å². The summed E-state index contributed by atoms with van der Waals surface area (Å²) in [5.74, 6) is 0. The summed E-state index contributed by atoms with van der Waals surface area (Å²) in [6.45, 7) is 0.691. The standard InChI is InChI=1S/C16H34N3O12PSi3.C6H8N2O5Si.C3H11NO3Si.C2H9O6PSi.CH4/c1-25-33(26-2,11-6-9-17)30-34(27-3,12-10-32(22,23)24)31-35(28-4,29-5)14-7-8-15(18)16(13-14)19(20)21;7-5-2-1-4(14(11,12)13)3-6(5)8(9)10;4-2-1-3-8(5,6)7;3-9(4,5)1-2-10(6,7)8;/h7-8,13H,6,9-12,17-18H2,1-5H3,(H2,22,23,24);1-3,11-13H,7H2;5-7H,1-4H2;6-8H,1-2H2,(H2,3,4,5);1H4. The molecular formula is C28H66N6O26P2Si6. The van der Waals surface area contributed by atoms with Crippen LogP contribution in [0, 0.1) is 20.2 Å². The number of hydrogen-bond acceptors (Lipinski definition) is 26. The largest absolute Gasteiger partial charge is 0.529 e. The van der Waals surface area contributed by atoms with Crippen molar-refractivity contribution in [2.24, 2.45) is 11.5 Å². The van der Waals surface area contributed by atoms with E-state index in [0.29, 0.717) is 25.9 Å². The molecule has 2 aromatic carbocycles. The maximum Gasteiger partial charge on any atom is 0.529 e. The number of nitro benzene ring substituents is 2. The van der Waals surface area contributed by atoms with Crippen molar-refractivity contribution in [1.82, 2.24) is 0 Å². The molecule has 32 nitrogen and oxygen atoms in total. The van der Waals surface area contributed by atoms with Crippen molar-refractivity contribution in [2.75, 3.05) is 72.4 Å². The summed E-state index contributed by atoms with van der Waals surface area (Å²) in [5, 5.41) is 21.7. The molecule has 1 atom stereocenters. The Morgan fingerprint density at radius 3 is 1.22 bits per heavy atom. The predicted molar refractivity (Wildman–Crippen MR) is 253 cm³/mol. The zero-order valence-corrected chi connectivity index (χ0v) is 44.5.